The first-order chi connectivity index (χ1) is 9.81. The number of rotatable bonds is 3. The highest BCUT2D eigenvalue weighted by molar-refractivity contribution is 6.28. The Labute approximate surface area is 116 Å². The molecule has 1 heterocycles. The van der Waals surface area contributed by atoms with Crippen molar-refractivity contribution < 1.29 is 14.3 Å². The molecule has 0 atom stereocenters. The molecule has 1 aliphatic rings. The highest BCUT2D eigenvalue weighted by Gasteiger charge is 2.28. The van der Waals surface area contributed by atoms with Gasteiger partial charge >= 0.3 is 5.97 Å². The smallest absolute Gasteiger partial charge is 0.339 e. The van der Waals surface area contributed by atoms with E-state index in [9.17, 15) is 9.59 Å². The quantitative estimate of drug-likeness (QED) is 0.632. The predicted octanol–water partition coefficient (Wildman–Crippen LogP) is 2.97. The van der Waals surface area contributed by atoms with E-state index >= 15 is 0 Å². The number of aldehydes is 1. The lowest BCUT2D eigenvalue weighted by molar-refractivity contribution is -0.133. The molecule has 0 radical (unpaired) electrons. The Hall–Kier alpha value is -2.68. The molecular weight excluding hydrogens is 252 g/mol. The zero-order valence-electron chi connectivity index (χ0n) is 10.7. The number of carbonyl (C=O) groups is 2. The van der Waals surface area contributed by atoms with Gasteiger partial charge in [0.2, 0.25) is 0 Å². The number of benzene rings is 2. The van der Waals surface area contributed by atoms with E-state index in [2.05, 4.69) is 0 Å². The van der Waals surface area contributed by atoms with Crippen LogP contribution in [0, 0.1) is 0 Å². The van der Waals surface area contributed by atoms with Gasteiger partial charge in [0, 0.05) is 11.1 Å². The summed E-state index contributed by atoms with van der Waals surface area (Å²) in [5.41, 5.74) is 3.37. The highest BCUT2D eigenvalue weighted by Crippen LogP contribution is 2.33. The van der Waals surface area contributed by atoms with Gasteiger partial charge in [-0.25, -0.2) is 4.79 Å². The van der Waals surface area contributed by atoms with Crippen LogP contribution in [0.25, 0.3) is 11.1 Å². The molecule has 2 aromatic rings. The van der Waals surface area contributed by atoms with Gasteiger partial charge < -0.3 is 4.74 Å². The minimum atomic E-state index is -0.377. The molecule has 0 bridgehead atoms. The summed E-state index contributed by atoms with van der Waals surface area (Å²) in [6, 6.07) is 16.7. The van der Waals surface area contributed by atoms with Crippen molar-refractivity contribution in [2.24, 2.45) is 0 Å². The average Bonchev–Trinajstić information content (AvgIpc) is 2.89. The number of cyclic esters (lactones) is 1. The first kappa shape index (κ1) is 12.4. The molecule has 0 aromatic heterocycles. The molecule has 0 N–H and O–H groups in total. The Balaban J connectivity index is 2.22. The summed E-state index contributed by atoms with van der Waals surface area (Å²) in [4.78, 5) is 23.2. The van der Waals surface area contributed by atoms with Gasteiger partial charge in [-0.1, -0.05) is 54.6 Å². The number of ether oxygens (including phenoxy) is 1. The molecule has 98 valence electrons. The van der Waals surface area contributed by atoms with Gasteiger partial charge in [0.15, 0.2) is 6.29 Å². The van der Waals surface area contributed by atoms with Crippen LogP contribution in [0.15, 0.2) is 54.6 Å². The summed E-state index contributed by atoms with van der Waals surface area (Å²) in [6.07, 6.45) is 0.760. The standard InChI is InChI=1S/C17H12O3/c18-10-13-8-4-5-9-14(13)16-15(11-20-17(16)19)12-6-2-1-3-7-12/h1-10H,11H2. The van der Waals surface area contributed by atoms with Crippen molar-refractivity contribution in [3.8, 4) is 0 Å². The Bertz CT molecular complexity index is 699. The number of hydrogen-bond acceptors (Lipinski definition) is 3. The SMILES string of the molecule is O=Cc1ccccc1C1=C(c2ccccc2)COC1=O. The maximum atomic E-state index is 12.0. The van der Waals surface area contributed by atoms with Crippen LogP contribution in [0.1, 0.15) is 21.5 Å². The molecule has 0 fully saturated rings. The topological polar surface area (TPSA) is 43.4 Å². The highest BCUT2D eigenvalue weighted by atomic mass is 16.5. The summed E-state index contributed by atoms with van der Waals surface area (Å²) in [5.74, 6) is -0.377. The monoisotopic (exact) mass is 264 g/mol. The fourth-order valence-corrected chi connectivity index (χ4v) is 2.37. The van der Waals surface area contributed by atoms with Gasteiger partial charge in [0.25, 0.3) is 0 Å². The van der Waals surface area contributed by atoms with Gasteiger partial charge in [-0.15, -0.1) is 0 Å². The third-order valence-electron chi connectivity index (χ3n) is 3.33. The van der Waals surface area contributed by atoms with Crippen molar-refractivity contribution >= 4 is 23.4 Å². The normalized spacial score (nSPS) is 14.3. The van der Waals surface area contributed by atoms with E-state index in [4.69, 9.17) is 4.74 Å². The number of esters is 1. The van der Waals surface area contributed by atoms with E-state index in [1.165, 1.54) is 0 Å². The Morgan fingerprint density at radius 1 is 0.950 bits per heavy atom. The molecule has 0 spiro atoms. The summed E-state index contributed by atoms with van der Waals surface area (Å²) in [7, 11) is 0. The zero-order valence-corrected chi connectivity index (χ0v) is 10.7. The maximum Gasteiger partial charge on any atom is 0.339 e. The number of hydrogen-bond donors (Lipinski definition) is 0. The number of carbonyl (C=O) groups excluding carboxylic acids is 2. The summed E-state index contributed by atoms with van der Waals surface area (Å²) < 4.78 is 5.16. The van der Waals surface area contributed by atoms with Crippen LogP contribution in [-0.2, 0) is 9.53 Å². The van der Waals surface area contributed by atoms with Crippen LogP contribution < -0.4 is 0 Å². The van der Waals surface area contributed by atoms with Crippen molar-refractivity contribution in [1.29, 1.82) is 0 Å². The van der Waals surface area contributed by atoms with Crippen molar-refractivity contribution in [2.45, 2.75) is 0 Å². The first-order valence-corrected chi connectivity index (χ1v) is 6.31. The van der Waals surface area contributed by atoms with E-state index in [1.807, 2.05) is 36.4 Å². The van der Waals surface area contributed by atoms with Gasteiger partial charge in [-0.2, -0.15) is 0 Å². The van der Waals surface area contributed by atoms with Gasteiger partial charge in [-0.05, 0) is 11.1 Å². The van der Waals surface area contributed by atoms with Crippen molar-refractivity contribution in [1.82, 2.24) is 0 Å². The van der Waals surface area contributed by atoms with Gasteiger partial charge in [0.05, 0.1) is 5.57 Å². The van der Waals surface area contributed by atoms with Crippen molar-refractivity contribution in [2.75, 3.05) is 6.61 Å². The van der Waals surface area contributed by atoms with Crippen LogP contribution in [0.5, 0.6) is 0 Å². The van der Waals surface area contributed by atoms with E-state index in [-0.39, 0.29) is 12.6 Å². The lowest BCUT2D eigenvalue weighted by Gasteiger charge is -2.06. The van der Waals surface area contributed by atoms with E-state index in [1.54, 1.807) is 18.2 Å². The summed E-state index contributed by atoms with van der Waals surface area (Å²) in [6.45, 7) is 0.241. The molecule has 3 nitrogen and oxygen atoms in total. The third-order valence-corrected chi connectivity index (χ3v) is 3.33. The minimum absolute atomic E-state index is 0.241. The van der Waals surface area contributed by atoms with E-state index in [0.29, 0.717) is 16.7 Å². The molecule has 3 rings (SSSR count). The lowest BCUT2D eigenvalue weighted by atomic mass is 9.94. The maximum absolute atomic E-state index is 12.0. The molecular formula is C17H12O3. The Kier molecular flexibility index (Phi) is 3.17. The Morgan fingerprint density at radius 2 is 1.65 bits per heavy atom. The second kappa shape index (κ2) is 5.13. The van der Waals surface area contributed by atoms with Crippen LogP contribution in [-0.4, -0.2) is 18.9 Å². The molecule has 2 aromatic carbocycles. The molecule has 0 saturated carbocycles. The van der Waals surface area contributed by atoms with Crippen LogP contribution in [0.3, 0.4) is 0 Å². The zero-order chi connectivity index (χ0) is 13.9. The predicted molar refractivity (Wildman–Crippen MR) is 76.0 cm³/mol. The average molecular weight is 264 g/mol. The molecule has 0 unspecified atom stereocenters. The van der Waals surface area contributed by atoms with E-state index in [0.717, 1.165) is 17.4 Å². The van der Waals surface area contributed by atoms with Crippen LogP contribution in [0.4, 0.5) is 0 Å². The van der Waals surface area contributed by atoms with Gasteiger partial charge in [0.1, 0.15) is 6.61 Å². The molecule has 1 aliphatic heterocycles. The molecule has 0 aliphatic carbocycles. The first-order valence-electron chi connectivity index (χ1n) is 6.31. The molecule has 0 saturated heterocycles. The fraction of sp³-hybridized carbons (Fsp3) is 0.0588. The minimum Gasteiger partial charge on any atom is -0.457 e. The molecule has 3 heteroatoms. The second-order valence-corrected chi connectivity index (χ2v) is 4.50. The van der Waals surface area contributed by atoms with Gasteiger partial charge in [-0.3, -0.25) is 4.79 Å². The van der Waals surface area contributed by atoms with Crippen molar-refractivity contribution in [3.63, 3.8) is 0 Å². The molecule has 0 amide bonds. The van der Waals surface area contributed by atoms with E-state index < -0.39 is 0 Å². The van der Waals surface area contributed by atoms with Crippen LogP contribution >= 0.6 is 0 Å². The third kappa shape index (κ3) is 2.03. The lowest BCUT2D eigenvalue weighted by Crippen LogP contribution is -2.01. The summed E-state index contributed by atoms with van der Waals surface area (Å²) >= 11 is 0. The summed E-state index contributed by atoms with van der Waals surface area (Å²) in [5, 5.41) is 0. The molecule has 20 heavy (non-hydrogen) atoms. The Morgan fingerprint density at radius 3 is 2.40 bits per heavy atom. The van der Waals surface area contributed by atoms with Crippen molar-refractivity contribution in [3.05, 3.63) is 71.3 Å². The second-order valence-electron chi connectivity index (χ2n) is 4.50. The largest absolute Gasteiger partial charge is 0.457 e. The van der Waals surface area contributed by atoms with Crippen LogP contribution in [0.2, 0.25) is 0 Å². The fourth-order valence-electron chi connectivity index (χ4n) is 2.37.